The molecule has 2 rings (SSSR count). The number of amides is 1. The van der Waals surface area contributed by atoms with E-state index in [1.54, 1.807) is 0 Å². The van der Waals surface area contributed by atoms with Gasteiger partial charge in [-0.15, -0.1) is 0 Å². The van der Waals surface area contributed by atoms with Crippen LogP contribution in [0, 0.1) is 11.7 Å². The fourth-order valence-corrected chi connectivity index (χ4v) is 2.66. The smallest absolute Gasteiger partial charge is 0.239 e. The first-order valence-electron chi connectivity index (χ1n) is 7.29. The largest absolute Gasteiger partial charge is 0.341 e. The van der Waals surface area contributed by atoms with Crippen molar-refractivity contribution in [3.63, 3.8) is 0 Å². The van der Waals surface area contributed by atoms with Crippen molar-refractivity contribution in [3.8, 4) is 0 Å². The molecule has 1 aromatic carbocycles. The van der Waals surface area contributed by atoms with E-state index in [1.807, 2.05) is 30.9 Å². The Kier molecular flexibility index (Phi) is 4.76. The van der Waals surface area contributed by atoms with Crippen molar-refractivity contribution < 1.29 is 9.18 Å². The van der Waals surface area contributed by atoms with Crippen LogP contribution in [0.4, 0.5) is 4.39 Å². The quantitative estimate of drug-likeness (QED) is 0.923. The van der Waals surface area contributed by atoms with Gasteiger partial charge in [-0.25, -0.2) is 4.39 Å². The van der Waals surface area contributed by atoms with Crippen molar-refractivity contribution in [1.29, 1.82) is 0 Å². The highest BCUT2D eigenvalue weighted by Gasteiger charge is 2.28. The van der Waals surface area contributed by atoms with Crippen LogP contribution in [0.1, 0.15) is 38.2 Å². The van der Waals surface area contributed by atoms with Crippen LogP contribution in [-0.2, 0) is 4.79 Å². The van der Waals surface area contributed by atoms with E-state index in [4.69, 9.17) is 5.73 Å². The Balaban J connectivity index is 1.92. The van der Waals surface area contributed by atoms with E-state index in [-0.39, 0.29) is 17.6 Å². The van der Waals surface area contributed by atoms with E-state index in [0.717, 1.165) is 31.5 Å². The maximum absolute atomic E-state index is 12.9. The molecule has 1 aromatic rings. The van der Waals surface area contributed by atoms with Gasteiger partial charge < -0.3 is 10.6 Å². The lowest BCUT2D eigenvalue weighted by molar-refractivity contribution is -0.134. The van der Waals surface area contributed by atoms with Crippen molar-refractivity contribution in [2.75, 3.05) is 13.1 Å². The van der Waals surface area contributed by atoms with E-state index in [1.165, 1.54) is 12.1 Å². The summed E-state index contributed by atoms with van der Waals surface area (Å²) >= 11 is 0. The van der Waals surface area contributed by atoms with Crippen molar-refractivity contribution in [3.05, 3.63) is 35.6 Å². The van der Waals surface area contributed by atoms with Gasteiger partial charge in [-0.1, -0.05) is 26.0 Å². The summed E-state index contributed by atoms with van der Waals surface area (Å²) < 4.78 is 12.9. The van der Waals surface area contributed by atoms with E-state index < -0.39 is 6.04 Å². The summed E-state index contributed by atoms with van der Waals surface area (Å²) in [6.07, 6.45) is 1.84. The summed E-state index contributed by atoms with van der Waals surface area (Å²) in [4.78, 5) is 14.0. The number of carbonyl (C=O) groups excluding carboxylic acids is 1. The molecule has 3 nitrogen and oxygen atoms in total. The lowest BCUT2D eigenvalue weighted by atomic mass is 9.89. The molecule has 2 N–H and O–H groups in total. The number of nitrogens with zero attached hydrogens (tertiary/aromatic N) is 1. The van der Waals surface area contributed by atoms with Gasteiger partial charge in [-0.05, 0) is 42.4 Å². The Bertz CT molecular complexity index is 450. The minimum Gasteiger partial charge on any atom is -0.341 e. The van der Waals surface area contributed by atoms with Gasteiger partial charge in [0.15, 0.2) is 0 Å². The van der Waals surface area contributed by atoms with Crippen LogP contribution in [0.2, 0.25) is 0 Å². The fourth-order valence-electron chi connectivity index (χ4n) is 2.66. The predicted molar refractivity (Wildman–Crippen MR) is 77.8 cm³/mol. The highest BCUT2D eigenvalue weighted by molar-refractivity contribution is 5.82. The molecule has 1 atom stereocenters. The molecule has 0 bridgehead atoms. The molecule has 110 valence electrons. The molecule has 1 saturated heterocycles. The van der Waals surface area contributed by atoms with Gasteiger partial charge >= 0.3 is 0 Å². The minimum atomic E-state index is -0.405. The first-order valence-corrected chi connectivity index (χ1v) is 7.29. The van der Waals surface area contributed by atoms with E-state index in [0.29, 0.717) is 5.92 Å². The molecule has 0 spiro atoms. The molecule has 0 aromatic heterocycles. The number of rotatable bonds is 3. The van der Waals surface area contributed by atoms with Gasteiger partial charge in [0.25, 0.3) is 0 Å². The Hall–Kier alpha value is -1.42. The number of piperidine rings is 1. The van der Waals surface area contributed by atoms with Crippen LogP contribution in [0.5, 0.6) is 0 Å². The standard InChI is InChI=1S/C16H23FN2O/c1-11(2)15(18)16(20)19-9-7-13(8-10-19)12-3-5-14(17)6-4-12/h3-6,11,13,15H,7-10,18H2,1-2H3/t15-/m1/s1. The monoisotopic (exact) mass is 278 g/mol. The fraction of sp³-hybridized carbons (Fsp3) is 0.562. The number of likely N-dealkylation sites (tertiary alicyclic amines) is 1. The third-order valence-electron chi connectivity index (χ3n) is 4.15. The maximum atomic E-state index is 12.9. The van der Waals surface area contributed by atoms with Crippen molar-refractivity contribution in [1.82, 2.24) is 4.90 Å². The predicted octanol–water partition coefficient (Wildman–Crippen LogP) is 2.52. The van der Waals surface area contributed by atoms with Crippen LogP contribution in [0.3, 0.4) is 0 Å². The topological polar surface area (TPSA) is 46.3 Å². The summed E-state index contributed by atoms with van der Waals surface area (Å²) in [6.45, 7) is 5.41. The molecule has 1 heterocycles. The zero-order valence-corrected chi connectivity index (χ0v) is 12.2. The number of hydrogen-bond acceptors (Lipinski definition) is 2. The van der Waals surface area contributed by atoms with Gasteiger partial charge in [-0.2, -0.15) is 0 Å². The summed E-state index contributed by atoms with van der Waals surface area (Å²) in [7, 11) is 0. The summed E-state index contributed by atoms with van der Waals surface area (Å²) in [5, 5.41) is 0. The molecule has 1 amide bonds. The van der Waals surface area contributed by atoms with Gasteiger partial charge in [0.1, 0.15) is 5.82 Å². The first-order chi connectivity index (χ1) is 9.49. The molecule has 20 heavy (non-hydrogen) atoms. The van der Waals surface area contributed by atoms with Crippen molar-refractivity contribution >= 4 is 5.91 Å². The van der Waals surface area contributed by atoms with Gasteiger partial charge in [0.05, 0.1) is 6.04 Å². The first kappa shape index (κ1) is 15.0. The lowest BCUT2D eigenvalue weighted by Crippen LogP contribution is -2.49. The third-order valence-corrected chi connectivity index (χ3v) is 4.15. The number of carbonyl (C=O) groups is 1. The normalized spacial score (nSPS) is 18.4. The number of nitrogens with two attached hydrogens (primary N) is 1. The highest BCUT2D eigenvalue weighted by Crippen LogP contribution is 2.28. The second-order valence-electron chi connectivity index (χ2n) is 5.92. The maximum Gasteiger partial charge on any atom is 0.239 e. The SMILES string of the molecule is CC(C)[C@@H](N)C(=O)N1CCC(c2ccc(F)cc2)CC1. The van der Waals surface area contributed by atoms with Crippen LogP contribution in [0.15, 0.2) is 24.3 Å². The zero-order chi connectivity index (χ0) is 14.7. The third kappa shape index (κ3) is 3.37. The van der Waals surface area contributed by atoms with E-state index in [9.17, 15) is 9.18 Å². The summed E-state index contributed by atoms with van der Waals surface area (Å²) in [5.41, 5.74) is 7.08. The summed E-state index contributed by atoms with van der Waals surface area (Å²) in [6, 6.07) is 6.29. The Labute approximate surface area is 120 Å². The summed E-state index contributed by atoms with van der Waals surface area (Å²) in [5.74, 6) is 0.425. The van der Waals surface area contributed by atoms with Gasteiger partial charge in [0.2, 0.25) is 5.91 Å². The zero-order valence-electron chi connectivity index (χ0n) is 12.2. The van der Waals surface area contributed by atoms with Crippen LogP contribution >= 0.6 is 0 Å². The van der Waals surface area contributed by atoms with E-state index in [2.05, 4.69) is 0 Å². The molecular formula is C16H23FN2O. The van der Waals surface area contributed by atoms with Crippen LogP contribution in [-0.4, -0.2) is 29.9 Å². The number of halogens is 1. The Morgan fingerprint density at radius 2 is 1.80 bits per heavy atom. The molecule has 0 unspecified atom stereocenters. The molecular weight excluding hydrogens is 255 g/mol. The molecule has 1 aliphatic rings. The number of benzene rings is 1. The van der Waals surface area contributed by atoms with Crippen molar-refractivity contribution in [2.24, 2.45) is 11.7 Å². The molecule has 0 saturated carbocycles. The Morgan fingerprint density at radius 3 is 2.30 bits per heavy atom. The highest BCUT2D eigenvalue weighted by atomic mass is 19.1. The second-order valence-corrected chi connectivity index (χ2v) is 5.92. The Morgan fingerprint density at radius 1 is 1.25 bits per heavy atom. The molecule has 0 radical (unpaired) electrons. The van der Waals surface area contributed by atoms with Crippen molar-refractivity contribution in [2.45, 2.75) is 38.6 Å². The second kappa shape index (κ2) is 6.35. The average Bonchev–Trinajstić information content (AvgIpc) is 2.46. The van der Waals surface area contributed by atoms with Gasteiger partial charge in [-0.3, -0.25) is 4.79 Å². The lowest BCUT2D eigenvalue weighted by Gasteiger charge is -2.34. The average molecular weight is 278 g/mol. The molecule has 0 aliphatic carbocycles. The molecule has 1 fully saturated rings. The van der Waals surface area contributed by atoms with Crippen LogP contribution in [0.25, 0.3) is 0 Å². The van der Waals surface area contributed by atoms with Gasteiger partial charge in [0, 0.05) is 13.1 Å². The van der Waals surface area contributed by atoms with Crippen LogP contribution < -0.4 is 5.73 Å². The molecule has 4 heteroatoms. The minimum absolute atomic E-state index is 0.0533. The number of hydrogen-bond donors (Lipinski definition) is 1. The molecule has 1 aliphatic heterocycles. The van der Waals surface area contributed by atoms with E-state index >= 15 is 0 Å².